The Balaban J connectivity index is 1.27. The van der Waals surface area contributed by atoms with Gasteiger partial charge in [0.25, 0.3) is 5.91 Å². The molecular weight excluding hydrogens is 464 g/mol. The van der Waals surface area contributed by atoms with Crippen LogP contribution in [0.2, 0.25) is 0 Å². The number of carbonyl (C=O) groups is 2. The number of nitrogens with zero attached hydrogens (tertiary/aromatic N) is 4. The molecule has 5 heterocycles. The van der Waals surface area contributed by atoms with Crippen molar-refractivity contribution in [2.75, 3.05) is 41.7 Å². The van der Waals surface area contributed by atoms with Gasteiger partial charge in [-0.3, -0.25) is 4.79 Å². The highest BCUT2D eigenvalue weighted by atomic mass is 16.5. The van der Waals surface area contributed by atoms with E-state index in [-0.39, 0.29) is 11.3 Å². The van der Waals surface area contributed by atoms with Crippen LogP contribution in [0.15, 0.2) is 34.9 Å². The third-order valence-corrected chi connectivity index (χ3v) is 7.35. The summed E-state index contributed by atoms with van der Waals surface area (Å²) >= 11 is 0. The minimum absolute atomic E-state index is 0.0847. The van der Waals surface area contributed by atoms with E-state index in [9.17, 15) is 14.7 Å². The molecule has 2 aromatic heterocycles. The first-order valence-corrected chi connectivity index (χ1v) is 12.1. The summed E-state index contributed by atoms with van der Waals surface area (Å²) < 4.78 is 11.6. The zero-order valence-electron chi connectivity index (χ0n) is 20.2. The summed E-state index contributed by atoms with van der Waals surface area (Å²) in [6.07, 6.45) is 3.49. The van der Waals surface area contributed by atoms with E-state index < -0.39 is 11.7 Å². The van der Waals surface area contributed by atoms with Crippen LogP contribution in [0.1, 0.15) is 33.1 Å². The second kappa shape index (κ2) is 8.00. The Morgan fingerprint density at radius 2 is 2.03 bits per heavy atom. The zero-order chi connectivity index (χ0) is 25.1. The van der Waals surface area contributed by atoms with Crippen LogP contribution >= 0.6 is 0 Å². The van der Waals surface area contributed by atoms with Crippen LogP contribution in [0.25, 0.3) is 11.1 Å². The van der Waals surface area contributed by atoms with Crippen molar-refractivity contribution in [2.45, 2.75) is 38.7 Å². The highest BCUT2D eigenvalue weighted by Gasteiger charge is 2.43. The van der Waals surface area contributed by atoms with E-state index in [1.54, 1.807) is 38.3 Å². The number of fused-ring (bicyclic) bond motifs is 2. The molecule has 0 saturated carbocycles. The highest BCUT2D eigenvalue weighted by molar-refractivity contribution is 6.00. The normalized spacial score (nSPS) is 22.9. The van der Waals surface area contributed by atoms with Crippen molar-refractivity contribution in [3.05, 3.63) is 30.5 Å². The van der Waals surface area contributed by atoms with E-state index in [2.05, 4.69) is 20.5 Å². The van der Waals surface area contributed by atoms with Gasteiger partial charge in [0.2, 0.25) is 5.95 Å². The maximum atomic E-state index is 12.3. The van der Waals surface area contributed by atoms with Crippen LogP contribution < -0.4 is 20.3 Å². The van der Waals surface area contributed by atoms with Gasteiger partial charge in [0.1, 0.15) is 11.3 Å². The Morgan fingerprint density at radius 3 is 2.86 bits per heavy atom. The first kappa shape index (κ1) is 22.4. The number of nitrogens with one attached hydrogen (secondary N) is 2. The van der Waals surface area contributed by atoms with Gasteiger partial charge < -0.3 is 34.7 Å². The van der Waals surface area contributed by atoms with Crippen LogP contribution in [0, 0.1) is 5.41 Å². The topological polar surface area (TPSA) is 133 Å². The van der Waals surface area contributed by atoms with Crippen LogP contribution in [-0.4, -0.2) is 63.8 Å². The number of furan rings is 1. The Labute approximate surface area is 207 Å². The maximum absolute atomic E-state index is 12.3. The smallest absolute Gasteiger partial charge is 0.407 e. The Morgan fingerprint density at radius 1 is 1.17 bits per heavy atom. The SMILES string of the molecule is CC1(C)Oc2ccc(Nc3nc(N4CCC5(CCCN(C(=O)O)C5)C4)c4occc4n3)cc2NC1=O. The predicted molar refractivity (Wildman–Crippen MR) is 133 cm³/mol. The molecule has 0 radical (unpaired) electrons. The minimum atomic E-state index is -0.931. The summed E-state index contributed by atoms with van der Waals surface area (Å²) in [5.41, 5.74) is 1.55. The number of benzene rings is 1. The fraction of sp³-hybridized carbons (Fsp3) is 0.440. The molecule has 3 aliphatic rings. The van der Waals surface area contributed by atoms with E-state index >= 15 is 0 Å². The molecule has 3 N–H and O–H groups in total. The van der Waals surface area contributed by atoms with Crippen LogP contribution in [0.3, 0.4) is 0 Å². The predicted octanol–water partition coefficient (Wildman–Crippen LogP) is 4.05. The molecule has 2 saturated heterocycles. The molecule has 11 nitrogen and oxygen atoms in total. The second-order valence-corrected chi connectivity index (χ2v) is 10.4. The van der Waals surface area contributed by atoms with E-state index in [1.807, 2.05) is 6.07 Å². The van der Waals surface area contributed by atoms with Crippen LogP contribution in [-0.2, 0) is 4.79 Å². The molecule has 36 heavy (non-hydrogen) atoms. The number of hydrogen-bond donors (Lipinski definition) is 3. The molecule has 0 aliphatic carbocycles. The molecule has 2 amide bonds. The molecule has 0 bridgehead atoms. The van der Waals surface area contributed by atoms with Crippen molar-refractivity contribution in [2.24, 2.45) is 5.41 Å². The Bertz CT molecular complexity index is 1370. The number of anilines is 4. The van der Waals surface area contributed by atoms with E-state index in [0.717, 1.165) is 25.8 Å². The Kier molecular flexibility index (Phi) is 4.99. The quantitative estimate of drug-likeness (QED) is 0.495. The lowest BCUT2D eigenvalue weighted by molar-refractivity contribution is -0.129. The number of aromatic nitrogens is 2. The average molecular weight is 493 g/mol. The summed E-state index contributed by atoms with van der Waals surface area (Å²) in [5, 5.41) is 15.6. The van der Waals surface area contributed by atoms with Crippen LogP contribution in [0.4, 0.5) is 27.9 Å². The maximum Gasteiger partial charge on any atom is 0.407 e. The molecule has 3 aliphatic heterocycles. The lowest BCUT2D eigenvalue weighted by Gasteiger charge is -2.39. The largest absolute Gasteiger partial charge is 0.476 e. The van der Waals surface area contributed by atoms with Crippen molar-refractivity contribution in [1.29, 1.82) is 0 Å². The monoisotopic (exact) mass is 492 g/mol. The first-order chi connectivity index (χ1) is 17.2. The summed E-state index contributed by atoms with van der Waals surface area (Å²) in [4.78, 5) is 37.0. The van der Waals surface area contributed by atoms with Gasteiger partial charge in [-0.1, -0.05) is 0 Å². The summed E-state index contributed by atoms with van der Waals surface area (Å²) in [5.74, 6) is 1.48. The van der Waals surface area contributed by atoms with Gasteiger partial charge in [-0.05, 0) is 51.3 Å². The van der Waals surface area contributed by atoms with Crippen molar-refractivity contribution in [3.8, 4) is 5.75 Å². The van der Waals surface area contributed by atoms with Gasteiger partial charge in [-0.2, -0.15) is 4.98 Å². The molecule has 1 atom stereocenters. The highest BCUT2D eigenvalue weighted by Crippen LogP contribution is 2.42. The minimum Gasteiger partial charge on any atom is -0.476 e. The average Bonchev–Trinajstić information content (AvgIpc) is 3.47. The number of likely N-dealkylation sites (tertiary alicyclic amines) is 1. The van der Waals surface area contributed by atoms with Crippen molar-refractivity contribution in [1.82, 2.24) is 14.9 Å². The van der Waals surface area contributed by atoms with Gasteiger partial charge in [-0.25, -0.2) is 9.78 Å². The molecule has 3 aromatic rings. The first-order valence-electron chi connectivity index (χ1n) is 12.1. The fourth-order valence-electron chi connectivity index (χ4n) is 5.46. The van der Waals surface area contributed by atoms with Gasteiger partial charge in [0.05, 0.1) is 12.0 Å². The van der Waals surface area contributed by atoms with Crippen molar-refractivity contribution < 1.29 is 23.8 Å². The second-order valence-electron chi connectivity index (χ2n) is 10.4. The summed E-state index contributed by atoms with van der Waals surface area (Å²) in [7, 11) is 0. The third-order valence-electron chi connectivity index (χ3n) is 7.35. The number of hydrogen-bond acceptors (Lipinski definition) is 8. The molecule has 2 fully saturated rings. The van der Waals surface area contributed by atoms with Gasteiger partial charge in [0.15, 0.2) is 17.0 Å². The Hall–Kier alpha value is -4.02. The number of carboxylic acid groups (broad SMARTS) is 1. The lowest BCUT2D eigenvalue weighted by atomic mass is 9.79. The fourth-order valence-corrected chi connectivity index (χ4v) is 5.46. The number of amides is 2. The van der Waals surface area contributed by atoms with Crippen LogP contribution in [0.5, 0.6) is 5.75 Å². The summed E-state index contributed by atoms with van der Waals surface area (Å²) in [6, 6.07) is 7.24. The molecule has 1 aromatic carbocycles. The lowest BCUT2D eigenvalue weighted by Crippen LogP contribution is -2.46. The molecule has 1 spiro atoms. The number of piperidine rings is 1. The number of carbonyl (C=O) groups excluding carboxylic acids is 1. The van der Waals surface area contributed by atoms with E-state index in [0.29, 0.717) is 59.6 Å². The van der Waals surface area contributed by atoms with Gasteiger partial charge in [0, 0.05) is 43.3 Å². The number of rotatable bonds is 3. The van der Waals surface area contributed by atoms with Crippen molar-refractivity contribution in [3.63, 3.8) is 0 Å². The number of ether oxygens (including phenoxy) is 1. The zero-order valence-corrected chi connectivity index (χ0v) is 20.2. The summed E-state index contributed by atoms with van der Waals surface area (Å²) in [6.45, 7) is 6.05. The molecular formula is C25H28N6O5. The van der Waals surface area contributed by atoms with Gasteiger partial charge in [-0.15, -0.1) is 0 Å². The van der Waals surface area contributed by atoms with Crippen molar-refractivity contribution >= 4 is 46.2 Å². The molecule has 6 rings (SSSR count). The van der Waals surface area contributed by atoms with E-state index in [1.165, 1.54) is 4.90 Å². The molecule has 188 valence electrons. The molecule has 11 heteroatoms. The van der Waals surface area contributed by atoms with Gasteiger partial charge >= 0.3 is 6.09 Å². The van der Waals surface area contributed by atoms with E-state index in [4.69, 9.17) is 14.1 Å². The standard InChI is InChI=1S/C25H28N6O5/c1-24(2)21(32)27-17-12-15(4-5-18(17)36-24)26-22-28-16-6-11-35-19(16)20(29-22)30-10-8-25(13-30)7-3-9-31(14-25)23(33)34/h4-6,11-12H,3,7-10,13-14H2,1-2H3,(H,27,32)(H,33,34)(H,26,28,29). The molecule has 1 unspecified atom stereocenters. The third kappa shape index (κ3) is 3.84.